The Morgan fingerprint density at radius 2 is 1.48 bits per heavy atom. The molecule has 0 radical (unpaired) electrons. The summed E-state index contributed by atoms with van der Waals surface area (Å²) in [6.45, 7) is 0.244. The molecule has 0 bridgehead atoms. The lowest BCUT2D eigenvalue weighted by molar-refractivity contribution is 0.0827. The van der Waals surface area contributed by atoms with Crippen LogP contribution in [0.3, 0.4) is 0 Å². The van der Waals surface area contributed by atoms with E-state index in [1.165, 1.54) is 9.21 Å². The van der Waals surface area contributed by atoms with E-state index < -0.39 is 10.0 Å². The zero-order valence-electron chi connectivity index (χ0n) is 13.4. The van der Waals surface area contributed by atoms with Gasteiger partial charge in [0.05, 0.1) is 4.90 Å². The highest BCUT2D eigenvalue weighted by Crippen LogP contribution is 2.16. The zero-order valence-corrected chi connectivity index (χ0v) is 14.2. The molecule has 122 valence electrons. The molecule has 0 aliphatic rings. The number of rotatable bonds is 5. The lowest BCUT2D eigenvalue weighted by atomic mass is 10.1. The third-order valence-electron chi connectivity index (χ3n) is 3.46. The SMILES string of the molecule is CN(C)C(=O)c1ccc(CN(C)S(=O)(=O)c2ccccc2)cc1. The molecule has 5 nitrogen and oxygen atoms in total. The van der Waals surface area contributed by atoms with E-state index in [4.69, 9.17) is 0 Å². The molecule has 2 rings (SSSR count). The number of nitrogens with zero attached hydrogens (tertiary/aromatic N) is 2. The van der Waals surface area contributed by atoms with Crippen LogP contribution in [0.5, 0.6) is 0 Å². The van der Waals surface area contributed by atoms with Gasteiger partial charge in [0.25, 0.3) is 5.91 Å². The van der Waals surface area contributed by atoms with Crippen molar-refractivity contribution in [2.24, 2.45) is 0 Å². The second kappa shape index (κ2) is 6.93. The Kier molecular flexibility index (Phi) is 5.18. The van der Waals surface area contributed by atoms with Crippen molar-refractivity contribution in [2.45, 2.75) is 11.4 Å². The van der Waals surface area contributed by atoms with Crippen LogP contribution in [0.2, 0.25) is 0 Å². The van der Waals surface area contributed by atoms with Crippen molar-refractivity contribution < 1.29 is 13.2 Å². The quantitative estimate of drug-likeness (QED) is 0.843. The lowest BCUT2D eigenvalue weighted by Crippen LogP contribution is -2.26. The van der Waals surface area contributed by atoms with Crippen LogP contribution >= 0.6 is 0 Å². The molecule has 0 heterocycles. The first-order valence-electron chi connectivity index (χ1n) is 7.14. The fraction of sp³-hybridized carbons (Fsp3) is 0.235. The maximum Gasteiger partial charge on any atom is 0.253 e. The Balaban J connectivity index is 2.14. The summed E-state index contributed by atoms with van der Waals surface area (Å²) in [6, 6.07) is 15.3. The van der Waals surface area contributed by atoms with Gasteiger partial charge in [-0.15, -0.1) is 0 Å². The van der Waals surface area contributed by atoms with Gasteiger partial charge in [-0.1, -0.05) is 30.3 Å². The summed E-state index contributed by atoms with van der Waals surface area (Å²) in [6.07, 6.45) is 0. The summed E-state index contributed by atoms with van der Waals surface area (Å²) in [5.41, 5.74) is 1.40. The van der Waals surface area contributed by atoms with Gasteiger partial charge in [0.1, 0.15) is 0 Å². The first kappa shape index (κ1) is 17.2. The van der Waals surface area contributed by atoms with Crippen LogP contribution < -0.4 is 0 Å². The highest BCUT2D eigenvalue weighted by molar-refractivity contribution is 7.89. The molecule has 23 heavy (non-hydrogen) atoms. The summed E-state index contributed by atoms with van der Waals surface area (Å²) in [7, 11) is 1.41. The number of hydrogen-bond acceptors (Lipinski definition) is 3. The van der Waals surface area contributed by atoms with Crippen LogP contribution in [0.25, 0.3) is 0 Å². The number of sulfonamides is 1. The average Bonchev–Trinajstić information content (AvgIpc) is 2.55. The molecule has 0 fully saturated rings. The standard InChI is InChI=1S/C17H20N2O3S/c1-18(2)17(20)15-11-9-14(10-12-15)13-19(3)23(21,22)16-7-5-4-6-8-16/h4-12H,13H2,1-3H3. The van der Waals surface area contributed by atoms with Gasteiger partial charge in [0, 0.05) is 33.3 Å². The predicted molar refractivity (Wildman–Crippen MR) is 89.6 cm³/mol. The Morgan fingerprint density at radius 3 is 2.00 bits per heavy atom. The molecule has 0 saturated carbocycles. The summed E-state index contributed by atoms with van der Waals surface area (Å²) < 4.78 is 26.2. The minimum atomic E-state index is -3.52. The molecule has 0 aliphatic heterocycles. The summed E-state index contributed by atoms with van der Waals surface area (Å²) in [5, 5.41) is 0. The molecule has 0 N–H and O–H groups in total. The molecule has 6 heteroatoms. The summed E-state index contributed by atoms with van der Waals surface area (Å²) >= 11 is 0. The Labute approximate surface area is 137 Å². The smallest absolute Gasteiger partial charge is 0.253 e. The molecule has 0 aromatic heterocycles. The maximum absolute atomic E-state index is 12.5. The summed E-state index contributed by atoms with van der Waals surface area (Å²) in [5.74, 6) is -0.0817. The fourth-order valence-electron chi connectivity index (χ4n) is 2.13. The number of carbonyl (C=O) groups is 1. The minimum absolute atomic E-state index is 0.0817. The maximum atomic E-state index is 12.5. The molecule has 0 unspecified atom stereocenters. The van der Waals surface area contributed by atoms with E-state index in [0.717, 1.165) is 5.56 Å². The van der Waals surface area contributed by atoms with Gasteiger partial charge in [-0.2, -0.15) is 4.31 Å². The Hall–Kier alpha value is -2.18. The molecule has 1 amide bonds. The summed E-state index contributed by atoms with van der Waals surface area (Å²) in [4.78, 5) is 13.6. The highest BCUT2D eigenvalue weighted by Gasteiger charge is 2.20. The molecule has 0 atom stereocenters. The van der Waals surface area contributed by atoms with Crippen LogP contribution in [0, 0.1) is 0 Å². The van der Waals surface area contributed by atoms with E-state index in [-0.39, 0.29) is 17.3 Å². The van der Waals surface area contributed by atoms with Gasteiger partial charge >= 0.3 is 0 Å². The van der Waals surface area contributed by atoms with E-state index in [1.807, 2.05) is 0 Å². The highest BCUT2D eigenvalue weighted by atomic mass is 32.2. The van der Waals surface area contributed by atoms with Crippen molar-refractivity contribution in [3.63, 3.8) is 0 Å². The third-order valence-corrected chi connectivity index (χ3v) is 5.28. The molecule has 0 saturated heterocycles. The van der Waals surface area contributed by atoms with Crippen LogP contribution in [-0.2, 0) is 16.6 Å². The van der Waals surface area contributed by atoms with Gasteiger partial charge in [0.2, 0.25) is 10.0 Å². The van der Waals surface area contributed by atoms with Gasteiger partial charge in [0.15, 0.2) is 0 Å². The monoisotopic (exact) mass is 332 g/mol. The van der Waals surface area contributed by atoms with Gasteiger partial charge in [-0.3, -0.25) is 4.79 Å². The molecule has 0 aliphatic carbocycles. The van der Waals surface area contributed by atoms with Gasteiger partial charge in [-0.05, 0) is 29.8 Å². The van der Waals surface area contributed by atoms with Crippen LogP contribution in [-0.4, -0.2) is 44.7 Å². The average molecular weight is 332 g/mol. The molecule has 2 aromatic rings. The Bertz CT molecular complexity index is 769. The molecule has 2 aromatic carbocycles. The fourth-order valence-corrected chi connectivity index (χ4v) is 3.31. The van der Waals surface area contributed by atoms with Crippen molar-refractivity contribution in [1.82, 2.24) is 9.21 Å². The first-order valence-corrected chi connectivity index (χ1v) is 8.58. The first-order chi connectivity index (χ1) is 10.8. The van der Waals surface area contributed by atoms with Crippen molar-refractivity contribution >= 4 is 15.9 Å². The van der Waals surface area contributed by atoms with E-state index in [2.05, 4.69) is 0 Å². The van der Waals surface area contributed by atoms with Crippen molar-refractivity contribution in [2.75, 3.05) is 21.1 Å². The van der Waals surface area contributed by atoms with Gasteiger partial charge < -0.3 is 4.90 Å². The largest absolute Gasteiger partial charge is 0.345 e. The molecular formula is C17H20N2O3S. The Morgan fingerprint density at radius 1 is 0.913 bits per heavy atom. The van der Waals surface area contributed by atoms with Crippen molar-refractivity contribution in [1.29, 1.82) is 0 Å². The van der Waals surface area contributed by atoms with E-state index in [1.54, 1.807) is 75.7 Å². The van der Waals surface area contributed by atoms with E-state index >= 15 is 0 Å². The van der Waals surface area contributed by atoms with Crippen LogP contribution in [0.15, 0.2) is 59.5 Å². The zero-order chi connectivity index (χ0) is 17.0. The van der Waals surface area contributed by atoms with Crippen molar-refractivity contribution in [3.8, 4) is 0 Å². The number of hydrogen-bond donors (Lipinski definition) is 0. The van der Waals surface area contributed by atoms with Crippen LogP contribution in [0.4, 0.5) is 0 Å². The lowest BCUT2D eigenvalue weighted by Gasteiger charge is -2.17. The van der Waals surface area contributed by atoms with Gasteiger partial charge in [-0.25, -0.2) is 8.42 Å². The topological polar surface area (TPSA) is 57.7 Å². The second-order valence-corrected chi connectivity index (χ2v) is 7.52. The van der Waals surface area contributed by atoms with E-state index in [0.29, 0.717) is 5.56 Å². The second-order valence-electron chi connectivity index (χ2n) is 5.47. The van der Waals surface area contributed by atoms with E-state index in [9.17, 15) is 13.2 Å². The normalized spacial score (nSPS) is 11.5. The van der Waals surface area contributed by atoms with Crippen LogP contribution in [0.1, 0.15) is 15.9 Å². The number of amides is 1. The van der Waals surface area contributed by atoms with Crippen molar-refractivity contribution in [3.05, 3.63) is 65.7 Å². The number of carbonyl (C=O) groups excluding carboxylic acids is 1. The number of benzene rings is 2. The minimum Gasteiger partial charge on any atom is -0.345 e. The predicted octanol–water partition coefficient (Wildman–Crippen LogP) is 2.21. The third kappa shape index (κ3) is 3.97. The molecule has 0 spiro atoms. The molecular weight excluding hydrogens is 312 g/mol.